The lowest BCUT2D eigenvalue weighted by molar-refractivity contribution is -0.139. The lowest BCUT2D eigenvalue weighted by atomic mass is 9.94. The predicted molar refractivity (Wildman–Crippen MR) is 122 cm³/mol. The van der Waals surface area contributed by atoms with Crippen molar-refractivity contribution in [1.82, 2.24) is 14.5 Å². The van der Waals surface area contributed by atoms with Crippen LogP contribution in [0.15, 0.2) is 59.7 Å². The minimum Gasteiger partial charge on any atom is -0.495 e. The zero-order valence-electron chi connectivity index (χ0n) is 18.8. The van der Waals surface area contributed by atoms with Gasteiger partial charge < -0.3 is 24.1 Å². The molecule has 34 heavy (non-hydrogen) atoms. The third-order valence-electron chi connectivity index (χ3n) is 6.19. The summed E-state index contributed by atoms with van der Waals surface area (Å²) in [6.45, 7) is 1.82. The molecule has 0 spiro atoms. The Morgan fingerprint density at radius 1 is 1.24 bits per heavy atom. The molecule has 0 radical (unpaired) electrons. The summed E-state index contributed by atoms with van der Waals surface area (Å²) in [6.07, 6.45) is 7.07. The van der Waals surface area contributed by atoms with Crippen molar-refractivity contribution in [1.29, 1.82) is 0 Å². The Morgan fingerprint density at radius 3 is 2.82 bits per heavy atom. The number of piperidine rings is 1. The van der Waals surface area contributed by atoms with Crippen molar-refractivity contribution in [2.75, 3.05) is 20.3 Å². The first kappa shape index (κ1) is 22.1. The number of aromatic nitrogens is 2. The fraction of sp³-hybridized carbons (Fsp3) is 0.280. The molecule has 1 saturated heterocycles. The molecule has 1 N–H and O–H groups in total. The minimum absolute atomic E-state index is 0.0864. The van der Waals surface area contributed by atoms with Gasteiger partial charge >= 0.3 is 0 Å². The summed E-state index contributed by atoms with van der Waals surface area (Å²) < 4.78 is 36.1. The topological polar surface area (TPSA) is 72.1 Å². The van der Waals surface area contributed by atoms with E-state index in [1.165, 1.54) is 0 Å². The van der Waals surface area contributed by atoms with Crippen molar-refractivity contribution in [2.24, 2.45) is 5.16 Å². The first-order chi connectivity index (χ1) is 16.4. The highest BCUT2D eigenvalue weighted by Crippen LogP contribution is 2.41. The number of rotatable bonds is 5. The molecule has 2 aromatic carbocycles. The van der Waals surface area contributed by atoms with E-state index in [-0.39, 0.29) is 5.56 Å². The van der Waals surface area contributed by atoms with Gasteiger partial charge in [0, 0.05) is 12.7 Å². The highest BCUT2D eigenvalue weighted by molar-refractivity contribution is 6.03. The third-order valence-corrected chi connectivity index (χ3v) is 6.19. The number of imidazole rings is 1. The molecule has 0 amide bonds. The van der Waals surface area contributed by atoms with Crippen LogP contribution in [-0.4, -0.2) is 45.7 Å². The van der Waals surface area contributed by atoms with E-state index in [9.17, 15) is 13.9 Å². The second-order valence-electron chi connectivity index (χ2n) is 8.35. The fourth-order valence-corrected chi connectivity index (χ4v) is 4.53. The first-order valence-corrected chi connectivity index (χ1v) is 11.0. The zero-order valence-corrected chi connectivity index (χ0v) is 18.8. The smallest absolute Gasteiger partial charge is 0.263 e. The van der Waals surface area contributed by atoms with Crippen molar-refractivity contribution in [3.63, 3.8) is 0 Å². The maximum absolute atomic E-state index is 14.6. The zero-order chi connectivity index (χ0) is 23.9. The number of hydrogen-bond acceptors (Lipinski definition) is 6. The number of aliphatic hydroxyl groups is 1. The van der Waals surface area contributed by atoms with Gasteiger partial charge in [-0.05, 0) is 67.3 Å². The number of fused-ring (bicyclic) bond motifs is 1. The highest BCUT2D eigenvalue weighted by atomic mass is 19.1. The number of aryl methyl sites for hydroxylation is 1. The molecule has 1 fully saturated rings. The quantitative estimate of drug-likeness (QED) is 0.612. The molecule has 1 atom stereocenters. The lowest BCUT2D eigenvalue weighted by Gasteiger charge is -2.38. The number of methoxy groups -OCH3 is 1. The summed E-state index contributed by atoms with van der Waals surface area (Å²) >= 11 is 0. The Balaban J connectivity index is 1.49. The number of halogens is 2. The molecule has 2 aliphatic rings. The summed E-state index contributed by atoms with van der Waals surface area (Å²) in [4.78, 5) is 11.6. The Kier molecular flexibility index (Phi) is 5.57. The van der Waals surface area contributed by atoms with E-state index in [2.05, 4.69) is 10.1 Å². The molecular formula is C25H24F2N4O3. The van der Waals surface area contributed by atoms with Crippen molar-refractivity contribution < 1.29 is 23.5 Å². The summed E-state index contributed by atoms with van der Waals surface area (Å²) in [6, 6.07) is 8.92. The lowest BCUT2D eigenvalue weighted by Crippen LogP contribution is -2.51. The van der Waals surface area contributed by atoms with E-state index in [0.29, 0.717) is 18.1 Å². The molecule has 0 aliphatic carbocycles. The van der Waals surface area contributed by atoms with Gasteiger partial charge in [0.1, 0.15) is 24.0 Å². The molecule has 7 nitrogen and oxygen atoms in total. The van der Waals surface area contributed by atoms with Crippen LogP contribution >= 0.6 is 0 Å². The SMILES string of the molecule is COc1cc(C=C2CCCN3C2=NOC3(CO)c2cc(F)ccc2F)ccc1-n1cnc(C)c1. The fourth-order valence-electron chi connectivity index (χ4n) is 4.53. The van der Waals surface area contributed by atoms with Gasteiger partial charge in [-0.15, -0.1) is 0 Å². The van der Waals surface area contributed by atoms with Gasteiger partial charge in [0.15, 0.2) is 5.84 Å². The van der Waals surface area contributed by atoms with Gasteiger partial charge in [0.05, 0.1) is 30.4 Å². The molecule has 2 aliphatic heterocycles. The van der Waals surface area contributed by atoms with E-state index in [1.807, 2.05) is 42.0 Å². The maximum Gasteiger partial charge on any atom is 0.263 e. The van der Waals surface area contributed by atoms with Crippen LogP contribution in [0.1, 0.15) is 29.7 Å². The number of ether oxygens (including phenoxy) is 1. The average molecular weight is 466 g/mol. The summed E-state index contributed by atoms with van der Waals surface area (Å²) in [5, 5.41) is 14.4. The van der Waals surface area contributed by atoms with E-state index < -0.39 is 24.0 Å². The molecule has 0 saturated carbocycles. The van der Waals surface area contributed by atoms with Gasteiger partial charge in [-0.2, -0.15) is 0 Å². The van der Waals surface area contributed by atoms with E-state index in [1.54, 1.807) is 18.3 Å². The second-order valence-corrected chi connectivity index (χ2v) is 8.35. The number of oxime groups is 1. The summed E-state index contributed by atoms with van der Waals surface area (Å²) in [5.74, 6) is -0.111. The van der Waals surface area contributed by atoms with E-state index >= 15 is 0 Å². The minimum atomic E-state index is -1.61. The number of nitrogens with zero attached hydrogens (tertiary/aromatic N) is 4. The largest absolute Gasteiger partial charge is 0.495 e. The van der Waals surface area contributed by atoms with Gasteiger partial charge in [-0.1, -0.05) is 11.2 Å². The van der Waals surface area contributed by atoms with Crippen molar-refractivity contribution in [3.8, 4) is 11.4 Å². The maximum atomic E-state index is 14.6. The van der Waals surface area contributed by atoms with Crippen molar-refractivity contribution in [3.05, 3.63) is 83.0 Å². The third kappa shape index (κ3) is 3.62. The van der Waals surface area contributed by atoms with Crippen LogP contribution in [0.4, 0.5) is 8.78 Å². The van der Waals surface area contributed by atoms with E-state index in [4.69, 9.17) is 9.57 Å². The van der Waals surface area contributed by atoms with E-state index in [0.717, 1.165) is 53.6 Å². The van der Waals surface area contributed by atoms with Gasteiger partial charge in [0.2, 0.25) is 0 Å². The van der Waals surface area contributed by atoms with Crippen LogP contribution < -0.4 is 4.74 Å². The second kappa shape index (κ2) is 8.57. The number of amidine groups is 1. The molecule has 5 rings (SSSR count). The Bertz CT molecular complexity index is 1300. The van der Waals surface area contributed by atoms with Crippen LogP contribution in [-0.2, 0) is 10.6 Å². The number of benzene rings is 2. The highest BCUT2D eigenvalue weighted by Gasteiger charge is 2.50. The molecule has 176 valence electrons. The van der Waals surface area contributed by atoms with Gasteiger partial charge in [-0.25, -0.2) is 13.8 Å². The van der Waals surface area contributed by atoms with Crippen LogP contribution in [0.2, 0.25) is 0 Å². The molecule has 0 bridgehead atoms. The Morgan fingerprint density at radius 2 is 2.09 bits per heavy atom. The monoisotopic (exact) mass is 466 g/mol. The summed E-state index contributed by atoms with van der Waals surface area (Å²) in [7, 11) is 1.61. The van der Waals surface area contributed by atoms with Crippen molar-refractivity contribution >= 4 is 11.9 Å². The molecule has 3 aromatic rings. The average Bonchev–Trinajstić information content (AvgIpc) is 3.45. The Hall–Kier alpha value is -3.72. The normalized spacial score (nSPS) is 20.8. The molecule has 3 heterocycles. The number of aliphatic hydroxyl groups excluding tert-OH is 1. The predicted octanol–water partition coefficient (Wildman–Crippen LogP) is 4.14. The van der Waals surface area contributed by atoms with Gasteiger partial charge in [-0.3, -0.25) is 0 Å². The number of hydrogen-bond donors (Lipinski definition) is 1. The molecule has 9 heteroatoms. The summed E-state index contributed by atoms with van der Waals surface area (Å²) in [5.41, 5.74) is 1.82. The first-order valence-electron chi connectivity index (χ1n) is 11.0. The molecule has 1 unspecified atom stereocenters. The van der Waals surface area contributed by atoms with Crippen molar-refractivity contribution in [2.45, 2.75) is 25.5 Å². The Labute approximate surface area is 195 Å². The van der Waals surface area contributed by atoms with Crippen LogP contribution in [0, 0.1) is 18.6 Å². The van der Waals surface area contributed by atoms with Gasteiger partial charge in [0.25, 0.3) is 5.72 Å². The van der Waals surface area contributed by atoms with Crippen LogP contribution in [0.3, 0.4) is 0 Å². The van der Waals surface area contributed by atoms with Crippen LogP contribution in [0.5, 0.6) is 5.75 Å². The standard InChI is InChI=1S/C25H24F2N4O3/c1-16-13-30(15-28-16)22-8-5-17(11-23(22)33-2)10-18-4-3-9-31-24(18)29-34-25(31,14-32)20-12-19(26)6-7-21(20)27/h5-8,10-13,15,32H,3-4,9,14H2,1-2H3. The van der Waals surface area contributed by atoms with Crippen LogP contribution in [0.25, 0.3) is 11.8 Å². The molecular weight excluding hydrogens is 442 g/mol. The molecule has 1 aromatic heterocycles.